The van der Waals surface area contributed by atoms with Gasteiger partial charge < -0.3 is 10.3 Å². The maximum Gasteiger partial charge on any atom is 0.207 e. The summed E-state index contributed by atoms with van der Waals surface area (Å²) in [5.74, 6) is 0.607. The van der Waals surface area contributed by atoms with E-state index in [2.05, 4.69) is 61.9 Å². The van der Waals surface area contributed by atoms with Crippen molar-refractivity contribution in [2.24, 2.45) is 11.3 Å². The summed E-state index contributed by atoms with van der Waals surface area (Å²) in [6, 6.07) is 8.38. The molecule has 2 aromatic rings. The third-order valence-electron chi connectivity index (χ3n) is 6.94. The third-order valence-corrected chi connectivity index (χ3v) is 7.59. The molecule has 0 aliphatic heterocycles. The van der Waals surface area contributed by atoms with Crippen LogP contribution in [0.4, 0.5) is 0 Å². The van der Waals surface area contributed by atoms with Crippen molar-refractivity contribution in [1.82, 2.24) is 10.3 Å². The molecule has 5 atom stereocenters. The van der Waals surface area contributed by atoms with Crippen LogP contribution >= 0.6 is 11.6 Å². The summed E-state index contributed by atoms with van der Waals surface area (Å²) in [5.41, 5.74) is 3.44. The lowest BCUT2D eigenvalue weighted by molar-refractivity contribution is -0.111. The molecule has 2 aliphatic rings. The standard InChI is InChI=1S/C21H25ClN2O/c1-5-21(4)15(22)10-13-17(19(21)23-11-25)16-12-8-6-7-9-14(12)24-18(16)20(13,2)3/h5-9,11,13,15,17,19,24H,1,10H2,2-4H3,(H,23,25)/t13-,15+,17-,19-,21+/m0/s1. The predicted octanol–water partition coefficient (Wildman–Crippen LogP) is 4.48. The Balaban J connectivity index is 1.98. The molecule has 1 heterocycles. The van der Waals surface area contributed by atoms with E-state index in [4.69, 9.17) is 11.6 Å². The van der Waals surface area contributed by atoms with Gasteiger partial charge in [0.2, 0.25) is 6.41 Å². The second kappa shape index (κ2) is 5.38. The van der Waals surface area contributed by atoms with E-state index in [1.54, 1.807) is 0 Å². The number of aromatic amines is 1. The van der Waals surface area contributed by atoms with Gasteiger partial charge in [0.1, 0.15) is 0 Å². The lowest BCUT2D eigenvalue weighted by atomic mass is 9.58. The highest BCUT2D eigenvalue weighted by atomic mass is 35.5. The molecule has 132 valence electrons. The van der Waals surface area contributed by atoms with Crippen molar-refractivity contribution in [2.45, 2.75) is 49.9 Å². The Labute approximate surface area is 153 Å². The number of nitrogens with one attached hydrogen (secondary N) is 2. The molecule has 1 saturated carbocycles. The lowest BCUT2D eigenvalue weighted by Crippen LogP contribution is -2.57. The van der Waals surface area contributed by atoms with Crippen molar-refractivity contribution in [3.63, 3.8) is 0 Å². The van der Waals surface area contributed by atoms with Gasteiger partial charge in [-0.25, -0.2) is 0 Å². The molecular formula is C21H25ClN2O. The normalized spacial score (nSPS) is 35.8. The molecule has 1 amide bonds. The van der Waals surface area contributed by atoms with E-state index in [1.807, 2.05) is 6.08 Å². The van der Waals surface area contributed by atoms with Crippen LogP contribution in [0.15, 0.2) is 36.9 Å². The van der Waals surface area contributed by atoms with Crippen molar-refractivity contribution < 1.29 is 4.79 Å². The first kappa shape index (κ1) is 16.7. The summed E-state index contributed by atoms with van der Waals surface area (Å²) in [5, 5.41) is 4.31. The highest BCUT2D eigenvalue weighted by molar-refractivity contribution is 6.21. The smallest absolute Gasteiger partial charge is 0.207 e. The number of fused-ring (bicyclic) bond motifs is 5. The Hall–Kier alpha value is -1.74. The Morgan fingerprint density at radius 2 is 2.04 bits per heavy atom. The fourth-order valence-corrected chi connectivity index (χ4v) is 5.78. The van der Waals surface area contributed by atoms with Gasteiger partial charge >= 0.3 is 0 Å². The number of hydrogen-bond acceptors (Lipinski definition) is 1. The number of carbonyl (C=O) groups excluding carboxylic acids is 1. The van der Waals surface area contributed by atoms with E-state index >= 15 is 0 Å². The largest absolute Gasteiger partial charge is 0.358 e. The second-order valence-corrected chi connectivity index (χ2v) is 8.88. The topological polar surface area (TPSA) is 44.9 Å². The van der Waals surface area contributed by atoms with Gasteiger partial charge in [0, 0.05) is 44.8 Å². The number of carbonyl (C=O) groups is 1. The van der Waals surface area contributed by atoms with E-state index in [0.717, 1.165) is 18.3 Å². The molecule has 2 N–H and O–H groups in total. The number of H-pyrrole nitrogens is 1. The molecule has 0 bridgehead atoms. The number of amides is 1. The number of hydrogen-bond donors (Lipinski definition) is 2. The zero-order chi connectivity index (χ0) is 18.0. The molecule has 4 heteroatoms. The van der Waals surface area contributed by atoms with Crippen LogP contribution < -0.4 is 5.32 Å². The SMILES string of the molecule is C=C[C@]1(C)[C@H](Cl)C[C@H]2[C@@H](c3c([nH]c4ccccc34)C2(C)C)[C@@H]1NC=O. The van der Waals surface area contributed by atoms with E-state index in [-0.39, 0.29) is 28.2 Å². The second-order valence-electron chi connectivity index (χ2n) is 8.35. The van der Waals surface area contributed by atoms with Gasteiger partial charge in [0.25, 0.3) is 0 Å². The molecule has 0 unspecified atom stereocenters. The third kappa shape index (κ3) is 2.02. The minimum Gasteiger partial charge on any atom is -0.358 e. The van der Waals surface area contributed by atoms with E-state index in [9.17, 15) is 4.79 Å². The summed E-state index contributed by atoms with van der Waals surface area (Å²) in [6.45, 7) is 10.8. The lowest BCUT2D eigenvalue weighted by Gasteiger charge is -2.51. The van der Waals surface area contributed by atoms with Crippen LogP contribution in [0, 0.1) is 11.3 Å². The van der Waals surface area contributed by atoms with Gasteiger partial charge in [-0.3, -0.25) is 4.79 Å². The van der Waals surface area contributed by atoms with Crippen LogP contribution in [0.5, 0.6) is 0 Å². The Morgan fingerprint density at radius 3 is 2.72 bits per heavy atom. The molecule has 0 spiro atoms. The molecular weight excluding hydrogens is 332 g/mol. The van der Waals surface area contributed by atoms with Crippen LogP contribution in [0.25, 0.3) is 10.9 Å². The van der Waals surface area contributed by atoms with Crippen LogP contribution in [0.2, 0.25) is 0 Å². The summed E-state index contributed by atoms with van der Waals surface area (Å²) < 4.78 is 0. The Morgan fingerprint density at radius 1 is 1.32 bits per heavy atom. The molecule has 25 heavy (non-hydrogen) atoms. The fraction of sp³-hybridized carbons (Fsp3) is 0.476. The van der Waals surface area contributed by atoms with Crippen molar-refractivity contribution in [3.05, 3.63) is 48.2 Å². The minimum absolute atomic E-state index is 0.0164. The number of para-hydroxylation sites is 1. The van der Waals surface area contributed by atoms with E-state index < -0.39 is 0 Å². The molecule has 1 fully saturated rings. The first-order valence-electron chi connectivity index (χ1n) is 8.94. The number of aromatic nitrogens is 1. The van der Waals surface area contributed by atoms with Crippen LogP contribution in [0.1, 0.15) is 44.4 Å². The highest BCUT2D eigenvalue weighted by Gasteiger charge is 2.59. The molecule has 0 radical (unpaired) electrons. The number of benzene rings is 1. The van der Waals surface area contributed by atoms with Crippen LogP contribution in [0.3, 0.4) is 0 Å². The average molecular weight is 357 g/mol. The maximum atomic E-state index is 11.5. The molecule has 0 saturated heterocycles. The first-order chi connectivity index (χ1) is 11.9. The Bertz CT molecular complexity index is 855. The Kier molecular flexibility index (Phi) is 3.59. The zero-order valence-electron chi connectivity index (χ0n) is 15.0. The first-order valence-corrected chi connectivity index (χ1v) is 9.38. The van der Waals surface area contributed by atoms with Gasteiger partial charge in [0.15, 0.2) is 0 Å². The summed E-state index contributed by atoms with van der Waals surface area (Å²) in [4.78, 5) is 15.1. The van der Waals surface area contributed by atoms with Crippen molar-refractivity contribution >= 4 is 28.9 Å². The molecule has 3 nitrogen and oxygen atoms in total. The molecule has 4 rings (SSSR count). The monoisotopic (exact) mass is 356 g/mol. The van der Waals surface area contributed by atoms with Crippen molar-refractivity contribution in [1.29, 1.82) is 0 Å². The molecule has 1 aromatic heterocycles. The zero-order valence-corrected chi connectivity index (χ0v) is 15.7. The van der Waals surface area contributed by atoms with Crippen LogP contribution in [-0.2, 0) is 10.2 Å². The van der Waals surface area contributed by atoms with Crippen molar-refractivity contribution in [3.8, 4) is 0 Å². The number of alkyl halides is 1. The highest BCUT2D eigenvalue weighted by Crippen LogP contribution is 2.62. The summed E-state index contributed by atoms with van der Waals surface area (Å²) >= 11 is 6.84. The molecule has 1 aromatic carbocycles. The van der Waals surface area contributed by atoms with E-state index in [1.165, 1.54) is 16.6 Å². The number of rotatable bonds is 3. The van der Waals surface area contributed by atoms with Gasteiger partial charge in [-0.1, -0.05) is 45.0 Å². The van der Waals surface area contributed by atoms with Crippen LogP contribution in [-0.4, -0.2) is 22.8 Å². The fourth-order valence-electron chi connectivity index (χ4n) is 5.36. The van der Waals surface area contributed by atoms with Crippen molar-refractivity contribution in [2.75, 3.05) is 0 Å². The average Bonchev–Trinajstić information content (AvgIpc) is 3.07. The number of halogens is 1. The molecule has 2 aliphatic carbocycles. The van der Waals surface area contributed by atoms with E-state index in [0.29, 0.717) is 5.92 Å². The van der Waals surface area contributed by atoms with Gasteiger partial charge in [-0.2, -0.15) is 0 Å². The van der Waals surface area contributed by atoms with Gasteiger partial charge in [0.05, 0.1) is 0 Å². The summed E-state index contributed by atoms with van der Waals surface area (Å²) in [7, 11) is 0. The quantitative estimate of drug-likeness (QED) is 0.475. The minimum atomic E-state index is -0.348. The predicted molar refractivity (Wildman–Crippen MR) is 103 cm³/mol. The van der Waals surface area contributed by atoms with Gasteiger partial charge in [-0.05, 0) is 24.0 Å². The maximum absolute atomic E-state index is 11.5. The van der Waals surface area contributed by atoms with Gasteiger partial charge in [-0.15, -0.1) is 18.2 Å². The summed E-state index contributed by atoms with van der Waals surface area (Å²) in [6.07, 6.45) is 3.66.